The van der Waals surface area contributed by atoms with Crippen LogP contribution in [0.1, 0.15) is 11.1 Å². The van der Waals surface area contributed by atoms with Crippen LogP contribution in [0, 0.1) is 29.9 Å². The average molecular weight is 259 g/mol. The molecule has 3 nitrogen and oxygen atoms in total. The van der Waals surface area contributed by atoms with Crippen molar-refractivity contribution in [1.82, 2.24) is 4.98 Å². The number of nitriles is 1. The summed E-state index contributed by atoms with van der Waals surface area (Å²) in [5.41, 5.74) is 1.37. The molecule has 0 amide bonds. The van der Waals surface area contributed by atoms with Crippen molar-refractivity contribution in [2.75, 3.05) is 12.4 Å². The second-order valence-corrected chi connectivity index (χ2v) is 4.04. The number of hydrogen-bond donors (Lipinski definition) is 1. The zero-order valence-electron chi connectivity index (χ0n) is 10.5. The monoisotopic (exact) mass is 259 g/mol. The fourth-order valence-electron chi connectivity index (χ4n) is 1.84. The fraction of sp³-hybridized carbons (Fsp3) is 0.143. The van der Waals surface area contributed by atoms with E-state index in [1.54, 1.807) is 20.0 Å². The Kier molecular flexibility index (Phi) is 3.43. The van der Waals surface area contributed by atoms with Gasteiger partial charge in [0.25, 0.3) is 0 Å². The molecule has 0 aliphatic carbocycles. The van der Waals surface area contributed by atoms with E-state index < -0.39 is 11.6 Å². The average Bonchev–Trinajstić information content (AvgIpc) is 2.41. The molecule has 0 aliphatic rings. The van der Waals surface area contributed by atoms with Crippen molar-refractivity contribution in [3.63, 3.8) is 0 Å². The minimum absolute atomic E-state index is 0.0819. The Labute approximate surface area is 109 Å². The number of rotatable bonds is 2. The highest BCUT2D eigenvalue weighted by atomic mass is 19.1. The maximum Gasteiger partial charge on any atom is 0.144 e. The third kappa shape index (κ3) is 2.38. The number of nitrogens with one attached hydrogen (secondary N) is 1. The quantitative estimate of drug-likeness (QED) is 0.900. The first-order chi connectivity index (χ1) is 9.06. The van der Waals surface area contributed by atoms with E-state index in [4.69, 9.17) is 5.26 Å². The second kappa shape index (κ2) is 5.02. The van der Waals surface area contributed by atoms with Crippen LogP contribution >= 0.6 is 0 Å². The number of pyridine rings is 1. The third-order valence-corrected chi connectivity index (χ3v) is 2.75. The molecule has 0 saturated carbocycles. The highest BCUT2D eigenvalue weighted by Crippen LogP contribution is 2.28. The van der Waals surface area contributed by atoms with Crippen LogP contribution in [-0.4, -0.2) is 12.0 Å². The van der Waals surface area contributed by atoms with Crippen LogP contribution in [0.4, 0.5) is 14.6 Å². The molecular formula is C14H11F2N3. The predicted octanol–water partition coefficient (Wildman–Crippen LogP) is 3.25. The summed E-state index contributed by atoms with van der Waals surface area (Å²) in [6.07, 6.45) is 0. The highest BCUT2D eigenvalue weighted by Gasteiger charge is 2.14. The number of aromatic nitrogens is 1. The lowest BCUT2D eigenvalue weighted by molar-refractivity contribution is 0.602. The van der Waals surface area contributed by atoms with Gasteiger partial charge in [-0.2, -0.15) is 5.26 Å². The van der Waals surface area contributed by atoms with Crippen molar-refractivity contribution in [3.8, 4) is 17.3 Å². The van der Waals surface area contributed by atoms with Crippen molar-refractivity contribution in [1.29, 1.82) is 5.26 Å². The van der Waals surface area contributed by atoms with Gasteiger partial charge in [0.15, 0.2) is 0 Å². The summed E-state index contributed by atoms with van der Waals surface area (Å²) in [6, 6.07) is 6.80. The number of aryl methyl sites for hydroxylation is 1. The summed E-state index contributed by atoms with van der Waals surface area (Å²) in [5.74, 6) is -0.747. The van der Waals surface area contributed by atoms with Crippen molar-refractivity contribution in [3.05, 3.63) is 47.0 Å². The molecule has 0 unspecified atom stereocenters. The molecule has 0 fully saturated rings. The van der Waals surface area contributed by atoms with E-state index in [9.17, 15) is 8.78 Å². The van der Waals surface area contributed by atoms with Crippen molar-refractivity contribution < 1.29 is 8.78 Å². The summed E-state index contributed by atoms with van der Waals surface area (Å²) < 4.78 is 27.0. The molecule has 1 heterocycles. The van der Waals surface area contributed by atoms with E-state index in [1.807, 2.05) is 6.07 Å². The van der Waals surface area contributed by atoms with Crippen LogP contribution in [0.3, 0.4) is 0 Å². The van der Waals surface area contributed by atoms with Crippen LogP contribution in [0.2, 0.25) is 0 Å². The maximum atomic E-state index is 13.8. The first-order valence-electron chi connectivity index (χ1n) is 5.61. The Morgan fingerprint density at radius 3 is 2.63 bits per heavy atom. The molecule has 0 bridgehead atoms. The van der Waals surface area contributed by atoms with E-state index in [2.05, 4.69) is 10.3 Å². The summed E-state index contributed by atoms with van der Waals surface area (Å²) in [5, 5.41) is 11.7. The Hall–Kier alpha value is -2.48. The van der Waals surface area contributed by atoms with Gasteiger partial charge in [-0.1, -0.05) is 0 Å². The van der Waals surface area contributed by atoms with Gasteiger partial charge in [0.05, 0.1) is 11.3 Å². The van der Waals surface area contributed by atoms with E-state index in [0.29, 0.717) is 22.6 Å². The van der Waals surface area contributed by atoms with Crippen LogP contribution in [0.5, 0.6) is 0 Å². The standard InChI is InChI=1S/C14H11F2N3/c1-8-5-9(7-17)14(18-2)19-13(8)11-6-10(15)3-4-12(11)16/h3-6H,1-2H3,(H,18,19). The van der Waals surface area contributed by atoms with E-state index in [-0.39, 0.29) is 5.56 Å². The van der Waals surface area contributed by atoms with Crippen molar-refractivity contribution >= 4 is 5.82 Å². The molecular weight excluding hydrogens is 248 g/mol. The Balaban J connectivity index is 2.69. The molecule has 2 aromatic rings. The Bertz CT molecular complexity index is 675. The molecule has 19 heavy (non-hydrogen) atoms. The number of anilines is 1. The van der Waals surface area contributed by atoms with E-state index >= 15 is 0 Å². The summed E-state index contributed by atoms with van der Waals surface area (Å²) in [7, 11) is 1.62. The summed E-state index contributed by atoms with van der Waals surface area (Å²) >= 11 is 0. The van der Waals surface area contributed by atoms with Gasteiger partial charge in [0, 0.05) is 12.6 Å². The van der Waals surface area contributed by atoms with E-state index in [0.717, 1.165) is 18.2 Å². The normalized spacial score (nSPS) is 10.1. The van der Waals surface area contributed by atoms with Crippen LogP contribution in [0.15, 0.2) is 24.3 Å². The molecule has 1 N–H and O–H groups in total. The Morgan fingerprint density at radius 1 is 1.26 bits per heavy atom. The lowest BCUT2D eigenvalue weighted by atomic mass is 10.0. The minimum Gasteiger partial charge on any atom is -0.372 e. The number of benzene rings is 1. The van der Waals surface area contributed by atoms with Crippen molar-refractivity contribution in [2.24, 2.45) is 0 Å². The SMILES string of the molecule is CNc1nc(-c2cc(F)ccc2F)c(C)cc1C#N. The maximum absolute atomic E-state index is 13.8. The lowest BCUT2D eigenvalue weighted by Crippen LogP contribution is -2.01. The molecule has 0 aliphatic heterocycles. The van der Waals surface area contributed by atoms with Crippen LogP contribution in [-0.2, 0) is 0 Å². The van der Waals surface area contributed by atoms with Crippen molar-refractivity contribution in [2.45, 2.75) is 6.92 Å². The second-order valence-electron chi connectivity index (χ2n) is 4.04. The predicted molar refractivity (Wildman–Crippen MR) is 68.6 cm³/mol. The molecule has 0 spiro atoms. The number of nitrogens with zero attached hydrogens (tertiary/aromatic N) is 2. The molecule has 96 valence electrons. The van der Waals surface area contributed by atoms with E-state index in [1.165, 1.54) is 0 Å². The number of hydrogen-bond acceptors (Lipinski definition) is 3. The Morgan fingerprint density at radius 2 is 2.00 bits per heavy atom. The van der Waals surface area contributed by atoms with Gasteiger partial charge in [-0.05, 0) is 36.8 Å². The molecule has 2 rings (SSSR count). The molecule has 5 heteroatoms. The van der Waals surface area contributed by atoms with Crippen LogP contribution < -0.4 is 5.32 Å². The molecule has 1 aromatic heterocycles. The summed E-state index contributed by atoms with van der Waals surface area (Å²) in [4.78, 5) is 4.19. The topological polar surface area (TPSA) is 48.7 Å². The smallest absolute Gasteiger partial charge is 0.144 e. The molecule has 1 aromatic carbocycles. The van der Waals surface area contributed by atoms with Gasteiger partial charge in [-0.25, -0.2) is 13.8 Å². The summed E-state index contributed by atoms with van der Waals surface area (Å²) in [6.45, 7) is 1.70. The number of halogens is 2. The third-order valence-electron chi connectivity index (χ3n) is 2.75. The fourth-order valence-corrected chi connectivity index (χ4v) is 1.84. The minimum atomic E-state index is -0.552. The van der Waals surface area contributed by atoms with Gasteiger partial charge < -0.3 is 5.32 Å². The first kappa shape index (κ1) is 13.0. The largest absolute Gasteiger partial charge is 0.372 e. The molecule has 0 atom stereocenters. The zero-order chi connectivity index (χ0) is 14.0. The van der Waals surface area contributed by atoms with Gasteiger partial charge in [-0.15, -0.1) is 0 Å². The van der Waals surface area contributed by atoms with Gasteiger partial charge >= 0.3 is 0 Å². The van der Waals surface area contributed by atoms with Gasteiger partial charge in [-0.3, -0.25) is 0 Å². The highest BCUT2D eigenvalue weighted by molar-refractivity contribution is 5.68. The van der Waals surface area contributed by atoms with Crippen LogP contribution in [0.25, 0.3) is 11.3 Å². The first-order valence-corrected chi connectivity index (χ1v) is 5.61. The van der Waals surface area contributed by atoms with Gasteiger partial charge in [0.1, 0.15) is 23.5 Å². The van der Waals surface area contributed by atoms with Gasteiger partial charge in [0.2, 0.25) is 0 Å². The molecule has 0 saturated heterocycles. The molecule has 0 radical (unpaired) electrons. The lowest BCUT2D eigenvalue weighted by Gasteiger charge is -2.10. The zero-order valence-corrected chi connectivity index (χ0v) is 10.5.